The van der Waals surface area contributed by atoms with Crippen molar-refractivity contribution in [2.75, 3.05) is 0 Å². The van der Waals surface area contributed by atoms with E-state index < -0.39 is 0 Å². The van der Waals surface area contributed by atoms with Gasteiger partial charge in [0.25, 0.3) is 0 Å². The summed E-state index contributed by atoms with van der Waals surface area (Å²) in [5, 5.41) is 0. The second kappa shape index (κ2) is 5.40. The lowest BCUT2D eigenvalue weighted by molar-refractivity contribution is 0.451. The van der Waals surface area contributed by atoms with E-state index in [0.29, 0.717) is 5.92 Å². The first-order valence-corrected chi connectivity index (χ1v) is 4.73. The summed E-state index contributed by atoms with van der Waals surface area (Å²) in [7, 11) is 0. The Bertz CT molecular complexity index is 113. The van der Waals surface area contributed by atoms with Crippen LogP contribution in [0.5, 0.6) is 0 Å². The molecule has 66 valence electrons. The molecule has 11 heavy (non-hydrogen) atoms. The van der Waals surface area contributed by atoms with Crippen LogP contribution in [0.2, 0.25) is 0 Å². The van der Waals surface area contributed by atoms with Crippen LogP contribution in [0.4, 0.5) is 0 Å². The molecule has 0 aromatic rings. The Morgan fingerprint density at radius 3 is 2.18 bits per heavy atom. The molecule has 0 fully saturated rings. The third kappa shape index (κ3) is 5.06. The van der Waals surface area contributed by atoms with Gasteiger partial charge in [0.1, 0.15) is 0 Å². The molecule has 0 saturated heterocycles. The van der Waals surface area contributed by atoms with E-state index in [2.05, 4.69) is 34.3 Å². The Hall–Kier alpha value is -0.260. The number of allylic oxidation sites excluding steroid dienone is 1. The molecule has 2 atom stereocenters. The second-order valence-electron chi connectivity index (χ2n) is 3.84. The fraction of sp³-hybridized carbons (Fsp3) is 0.818. The molecule has 0 amide bonds. The largest absolute Gasteiger partial charge is 0.0999 e. The van der Waals surface area contributed by atoms with E-state index in [1.165, 1.54) is 24.8 Å². The molecule has 0 aliphatic carbocycles. The highest BCUT2D eigenvalue weighted by atomic mass is 14.1. The van der Waals surface area contributed by atoms with E-state index in [9.17, 15) is 0 Å². The average Bonchev–Trinajstić information content (AvgIpc) is 1.99. The minimum Gasteiger partial charge on any atom is -0.0999 e. The molecule has 0 aliphatic heterocycles. The zero-order chi connectivity index (χ0) is 8.85. The fourth-order valence-corrected chi connectivity index (χ4v) is 0.985. The maximum absolute atomic E-state index is 3.96. The third-order valence-corrected chi connectivity index (χ3v) is 2.63. The third-order valence-electron chi connectivity index (χ3n) is 2.63. The van der Waals surface area contributed by atoms with Crippen molar-refractivity contribution in [2.45, 2.75) is 47.0 Å². The Morgan fingerprint density at radius 1 is 1.27 bits per heavy atom. The summed E-state index contributed by atoms with van der Waals surface area (Å²) in [6.07, 6.45) is 3.97. The molecule has 0 aliphatic rings. The van der Waals surface area contributed by atoms with Crippen LogP contribution < -0.4 is 0 Å². The van der Waals surface area contributed by atoms with Crippen LogP contribution in [-0.2, 0) is 0 Å². The highest BCUT2D eigenvalue weighted by Gasteiger charge is 2.04. The van der Waals surface area contributed by atoms with Crippen LogP contribution in [0.15, 0.2) is 12.2 Å². The van der Waals surface area contributed by atoms with Crippen molar-refractivity contribution in [3.63, 3.8) is 0 Å². The highest BCUT2D eigenvalue weighted by molar-refractivity contribution is 4.93. The molecular weight excluding hydrogens is 132 g/mol. The molecule has 0 aromatic heterocycles. The van der Waals surface area contributed by atoms with Crippen LogP contribution in [0.25, 0.3) is 0 Å². The number of hydrogen-bond acceptors (Lipinski definition) is 0. The molecule has 0 spiro atoms. The predicted molar refractivity (Wildman–Crippen MR) is 52.7 cm³/mol. The van der Waals surface area contributed by atoms with Crippen LogP contribution in [-0.4, -0.2) is 0 Å². The molecule has 0 aromatic carbocycles. The van der Waals surface area contributed by atoms with Crippen molar-refractivity contribution in [1.29, 1.82) is 0 Å². The summed E-state index contributed by atoms with van der Waals surface area (Å²) in [6, 6.07) is 0. The SMILES string of the molecule is C=C(C)C(C)CCC(C)CC. The molecule has 2 unspecified atom stereocenters. The maximum atomic E-state index is 3.96. The van der Waals surface area contributed by atoms with E-state index in [4.69, 9.17) is 0 Å². The molecular formula is C11H22. The molecule has 0 N–H and O–H groups in total. The molecule has 0 heteroatoms. The Kier molecular flexibility index (Phi) is 5.27. The molecule has 0 saturated carbocycles. The minimum atomic E-state index is 0.712. The van der Waals surface area contributed by atoms with E-state index >= 15 is 0 Å². The topological polar surface area (TPSA) is 0 Å². The number of hydrogen-bond donors (Lipinski definition) is 0. The summed E-state index contributed by atoms with van der Waals surface area (Å²) in [6.45, 7) is 12.9. The van der Waals surface area contributed by atoms with Gasteiger partial charge >= 0.3 is 0 Å². The fourth-order valence-electron chi connectivity index (χ4n) is 0.985. The monoisotopic (exact) mass is 154 g/mol. The molecule has 0 bridgehead atoms. The lowest BCUT2D eigenvalue weighted by Gasteiger charge is -2.13. The summed E-state index contributed by atoms with van der Waals surface area (Å²) in [4.78, 5) is 0. The predicted octanol–water partition coefficient (Wildman–Crippen LogP) is 4.02. The molecule has 0 heterocycles. The van der Waals surface area contributed by atoms with Crippen molar-refractivity contribution in [3.05, 3.63) is 12.2 Å². The van der Waals surface area contributed by atoms with E-state index in [1.807, 2.05) is 0 Å². The lowest BCUT2D eigenvalue weighted by atomic mass is 9.93. The summed E-state index contributed by atoms with van der Waals surface area (Å²) in [5.74, 6) is 1.60. The Morgan fingerprint density at radius 2 is 1.82 bits per heavy atom. The normalized spacial score (nSPS) is 16.0. The number of rotatable bonds is 5. The van der Waals surface area contributed by atoms with E-state index in [1.54, 1.807) is 0 Å². The zero-order valence-electron chi connectivity index (χ0n) is 8.48. The van der Waals surface area contributed by atoms with Gasteiger partial charge in [-0.3, -0.25) is 0 Å². The van der Waals surface area contributed by atoms with E-state index in [-0.39, 0.29) is 0 Å². The van der Waals surface area contributed by atoms with Gasteiger partial charge in [0.15, 0.2) is 0 Å². The standard InChI is InChI=1S/C11H22/c1-6-10(4)7-8-11(5)9(2)3/h10-11H,2,6-8H2,1,3-5H3. The molecule has 0 rings (SSSR count). The van der Waals surface area contributed by atoms with Crippen LogP contribution in [0, 0.1) is 11.8 Å². The van der Waals surface area contributed by atoms with Gasteiger partial charge in [-0.05, 0) is 25.2 Å². The maximum Gasteiger partial charge on any atom is -0.0237 e. The first-order chi connectivity index (χ1) is 5.07. The molecule has 0 nitrogen and oxygen atoms in total. The van der Waals surface area contributed by atoms with Crippen LogP contribution >= 0.6 is 0 Å². The minimum absolute atomic E-state index is 0.712. The smallest absolute Gasteiger partial charge is 0.0237 e. The Labute approximate surface area is 71.7 Å². The van der Waals surface area contributed by atoms with Gasteiger partial charge in [-0.1, -0.05) is 45.8 Å². The van der Waals surface area contributed by atoms with Crippen molar-refractivity contribution in [2.24, 2.45) is 11.8 Å². The van der Waals surface area contributed by atoms with Crippen molar-refractivity contribution in [1.82, 2.24) is 0 Å². The van der Waals surface area contributed by atoms with Gasteiger partial charge in [0, 0.05) is 0 Å². The quantitative estimate of drug-likeness (QED) is 0.524. The summed E-state index contributed by atoms with van der Waals surface area (Å²) < 4.78 is 0. The van der Waals surface area contributed by atoms with Crippen molar-refractivity contribution < 1.29 is 0 Å². The van der Waals surface area contributed by atoms with Gasteiger partial charge < -0.3 is 0 Å². The Balaban J connectivity index is 3.45. The van der Waals surface area contributed by atoms with Gasteiger partial charge in [-0.2, -0.15) is 0 Å². The van der Waals surface area contributed by atoms with Crippen molar-refractivity contribution in [3.8, 4) is 0 Å². The second-order valence-corrected chi connectivity index (χ2v) is 3.84. The van der Waals surface area contributed by atoms with Gasteiger partial charge in [0.05, 0.1) is 0 Å². The molecule has 0 radical (unpaired) electrons. The average molecular weight is 154 g/mol. The first kappa shape index (κ1) is 10.7. The van der Waals surface area contributed by atoms with Gasteiger partial charge in [0.2, 0.25) is 0 Å². The summed E-state index contributed by atoms with van der Waals surface area (Å²) in [5.41, 5.74) is 1.33. The lowest BCUT2D eigenvalue weighted by Crippen LogP contribution is -1.99. The van der Waals surface area contributed by atoms with Crippen LogP contribution in [0.1, 0.15) is 47.0 Å². The van der Waals surface area contributed by atoms with Gasteiger partial charge in [-0.25, -0.2) is 0 Å². The van der Waals surface area contributed by atoms with Crippen molar-refractivity contribution >= 4 is 0 Å². The van der Waals surface area contributed by atoms with Crippen LogP contribution in [0.3, 0.4) is 0 Å². The zero-order valence-corrected chi connectivity index (χ0v) is 8.48. The van der Waals surface area contributed by atoms with E-state index in [0.717, 1.165) is 5.92 Å². The first-order valence-electron chi connectivity index (χ1n) is 4.73. The highest BCUT2D eigenvalue weighted by Crippen LogP contribution is 2.18. The summed E-state index contributed by atoms with van der Waals surface area (Å²) >= 11 is 0. The van der Waals surface area contributed by atoms with Gasteiger partial charge in [-0.15, -0.1) is 0 Å².